The summed E-state index contributed by atoms with van der Waals surface area (Å²) in [5.74, 6) is -0.234. The van der Waals surface area contributed by atoms with Gasteiger partial charge >= 0.3 is 5.91 Å². The molecule has 1 unspecified atom stereocenters. The van der Waals surface area contributed by atoms with E-state index >= 15 is 0 Å². The highest BCUT2D eigenvalue weighted by Crippen LogP contribution is 2.45. The van der Waals surface area contributed by atoms with E-state index in [9.17, 15) is 14.7 Å². The fourth-order valence-corrected chi connectivity index (χ4v) is 6.42. The topological polar surface area (TPSA) is 115 Å². The van der Waals surface area contributed by atoms with E-state index in [1.807, 2.05) is 30.3 Å². The first-order chi connectivity index (χ1) is 20.5. The Bertz CT molecular complexity index is 1580. The molecular weight excluding hydrogens is 572 g/mol. The number of carbonyl (C=O) groups excluding carboxylic acids is 2. The number of amides is 1. The van der Waals surface area contributed by atoms with Crippen molar-refractivity contribution in [2.24, 2.45) is 0 Å². The molecule has 1 amide bonds. The van der Waals surface area contributed by atoms with Gasteiger partial charge in [0.15, 0.2) is 15.8 Å². The summed E-state index contributed by atoms with van der Waals surface area (Å²) >= 11 is 2.71. The van der Waals surface area contributed by atoms with Gasteiger partial charge < -0.3 is 14.6 Å². The largest absolute Gasteiger partial charge is 0.507 e. The molecule has 0 saturated carbocycles. The number of ether oxygens (including phenoxy) is 2. The van der Waals surface area contributed by atoms with Crippen LogP contribution in [-0.2, 0) is 15.3 Å². The zero-order valence-corrected chi connectivity index (χ0v) is 24.9. The van der Waals surface area contributed by atoms with Crippen LogP contribution in [0.15, 0.2) is 83.0 Å². The molecular formula is C31H30N4O5S2. The van der Waals surface area contributed by atoms with E-state index in [4.69, 9.17) is 9.47 Å². The van der Waals surface area contributed by atoms with E-state index in [1.165, 1.54) is 47.5 Å². The highest BCUT2D eigenvalue weighted by molar-refractivity contribution is 8.00. The summed E-state index contributed by atoms with van der Waals surface area (Å²) < 4.78 is 12.2. The molecule has 1 fully saturated rings. The van der Waals surface area contributed by atoms with E-state index < -0.39 is 17.7 Å². The minimum absolute atomic E-state index is 0.0569. The minimum atomic E-state index is -0.971. The Morgan fingerprint density at radius 2 is 1.81 bits per heavy atom. The second kappa shape index (κ2) is 13.6. The second-order valence-electron chi connectivity index (χ2n) is 9.50. The Labute approximate surface area is 252 Å². The van der Waals surface area contributed by atoms with E-state index in [0.29, 0.717) is 39.3 Å². The lowest BCUT2D eigenvalue weighted by atomic mass is 9.95. The van der Waals surface area contributed by atoms with Gasteiger partial charge in [0.2, 0.25) is 5.13 Å². The molecule has 0 spiro atoms. The van der Waals surface area contributed by atoms with Crippen LogP contribution in [0.25, 0.3) is 5.76 Å². The van der Waals surface area contributed by atoms with Gasteiger partial charge in [-0.05, 0) is 41.8 Å². The number of methoxy groups -OCH3 is 1. The summed E-state index contributed by atoms with van der Waals surface area (Å²) in [6, 6.07) is 17.4. The third-order valence-electron chi connectivity index (χ3n) is 6.71. The Kier molecular flexibility index (Phi) is 9.50. The van der Waals surface area contributed by atoms with Gasteiger partial charge in [-0.2, -0.15) is 0 Å². The maximum Gasteiger partial charge on any atom is 0.301 e. The van der Waals surface area contributed by atoms with Crippen molar-refractivity contribution < 1.29 is 24.2 Å². The highest BCUT2D eigenvalue weighted by atomic mass is 32.2. The number of aliphatic hydroxyl groups is 1. The molecule has 11 heteroatoms. The number of ketones is 1. The molecule has 9 nitrogen and oxygen atoms in total. The summed E-state index contributed by atoms with van der Waals surface area (Å²) in [4.78, 5) is 32.3. The predicted molar refractivity (Wildman–Crippen MR) is 163 cm³/mol. The number of pyridine rings is 1. The van der Waals surface area contributed by atoms with E-state index in [2.05, 4.69) is 22.1 Å². The fraction of sp³-hybridized carbons (Fsp3) is 0.258. The Morgan fingerprint density at radius 1 is 1.02 bits per heavy atom. The lowest BCUT2D eigenvalue weighted by molar-refractivity contribution is -0.132. The number of Topliss-reactive ketones (excluding diaryl/α,β-unsaturated/α-hetero) is 1. The van der Waals surface area contributed by atoms with Crippen molar-refractivity contribution in [2.45, 2.75) is 42.3 Å². The van der Waals surface area contributed by atoms with Crippen LogP contribution in [-0.4, -0.2) is 45.7 Å². The summed E-state index contributed by atoms with van der Waals surface area (Å²) in [5.41, 5.74) is 1.99. The molecule has 0 aliphatic carbocycles. The normalized spacial score (nSPS) is 16.1. The van der Waals surface area contributed by atoms with Crippen LogP contribution in [0.1, 0.15) is 48.9 Å². The molecule has 3 heterocycles. The van der Waals surface area contributed by atoms with Crippen LogP contribution in [0, 0.1) is 0 Å². The molecule has 0 radical (unpaired) electrons. The maximum atomic E-state index is 13.5. The van der Waals surface area contributed by atoms with Gasteiger partial charge in [0, 0.05) is 23.7 Å². The van der Waals surface area contributed by atoms with Crippen molar-refractivity contribution in [3.8, 4) is 11.5 Å². The summed E-state index contributed by atoms with van der Waals surface area (Å²) in [6.45, 7) is 2.67. The summed E-state index contributed by atoms with van der Waals surface area (Å²) in [7, 11) is 1.53. The second-order valence-corrected chi connectivity index (χ2v) is 11.7. The lowest BCUT2D eigenvalue weighted by Crippen LogP contribution is -2.29. The molecule has 1 N–H and O–H groups in total. The first-order valence-corrected chi connectivity index (χ1v) is 15.3. The molecule has 42 heavy (non-hydrogen) atoms. The van der Waals surface area contributed by atoms with Gasteiger partial charge in [0.25, 0.3) is 5.78 Å². The van der Waals surface area contributed by atoms with Crippen LogP contribution >= 0.6 is 23.1 Å². The molecule has 216 valence electrons. The number of hydrogen-bond donors (Lipinski definition) is 1. The first-order valence-electron chi connectivity index (χ1n) is 13.5. The molecule has 1 aliphatic rings. The van der Waals surface area contributed by atoms with E-state index in [0.717, 1.165) is 24.8 Å². The van der Waals surface area contributed by atoms with Crippen molar-refractivity contribution in [3.63, 3.8) is 0 Å². The van der Waals surface area contributed by atoms with E-state index in [1.54, 1.807) is 30.3 Å². The maximum absolute atomic E-state index is 13.5. The van der Waals surface area contributed by atoms with Gasteiger partial charge in [-0.25, -0.2) is 0 Å². The third-order valence-corrected chi connectivity index (χ3v) is 8.84. The number of carbonyl (C=O) groups is 2. The Morgan fingerprint density at radius 3 is 2.55 bits per heavy atom. The van der Waals surface area contributed by atoms with Gasteiger partial charge in [0.1, 0.15) is 5.76 Å². The lowest BCUT2D eigenvalue weighted by Gasteiger charge is -2.23. The average molecular weight is 603 g/mol. The van der Waals surface area contributed by atoms with Crippen LogP contribution in [0.3, 0.4) is 0 Å². The molecule has 4 aromatic rings. The number of aliphatic hydroxyl groups excluding tert-OH is 1. The Hall–Kier alpha value is -4.22. The van der Waals surface area contributed by atoms with Crippen molar-refractivity contribution >= 4 is 45.7 Å². The van der Waals surface area contributed by atoms with Gasteiger partial charge in [0.05, 0.1) is 25.3 Å². The number of unbranched alkanes of at least 4 members (excludes halogenated alkanes) is 2. The quantitative estimate of drug-likeness (QED) is 0.0489. The molecule has 5 rings (SSSR count). The standard InChI is InChI=1S/C31H30N4O5S2/c1-3-4-8-17-40-23-12-11-22(18-24(23)39-2)26-25(27(36)21-13-15-32-16-14-21)28(37)29(38)35(26)30-33-34-31(42-30)41-19-20-9-6-5-7-10-20/h5-7,9-16,18,26,36H,3-4,8,17,19H2,1-2H3. The van der Waals surface area contributed by atoms with Crippen molar-refractivity contribution in [2.75, 3.05) is 18.6 Å². The number of hydrogen-bond acceptors (Lipinski definition) is 10. The van der Waals surface area contributed by atoms with Gasteiger partial charge in [-0.15, -0.1) is 10.2 Å². The average Bonchev–Trinajstić information content (AvgIpc) is 3.60. The number of rotatable bonds is 12. The zero-order valence-electron chi connectivity index (χ0n) is 23.2. The molecule has 1 aliphatic heterocycles. The zero-order chi connectivity index (χ0) is 29.5. The van der Waals surface area contributed by atoms with Crippen LogP contribution in [0.2, 0.25) is 0 Å². The van der Waals surface area contributed by atoms with Gasteiger partial charge in [-0.3, -0.25) is 19.5 Å². The summed E-state index contributed by atoms with van der Waals surface area (Å²) in [6.07, 6.45) is 6.06. The van der Waals surface area contributed by atoms with Crippen molar-refractivity contribution in [1.29, 1.82) is 0 Å². The van der Waals surface area contributed by atoms with Crippen LogP contribution < -0.4 is 14.4 Å². The fourth-order valence-electron chi connectivity index (χ4n) is 4.60. The van der Waals surface area contributed by atoms with E-state index in [-0.39, 0.29) is 16.5 Å². The number of anilines is 1. The summed E-state index contributed by atoms with van der Waals surface area (Å²) in [5, 5.41) is 20.2. The SMILES string of the molecule is CCCCCOc1ccc(C2C(=C(O)c3ccncc3)C(=O)C(=O)N2c2nnc(SCc3ccccc3)s2)cc1OC. The predicted octanol–water partition coefficient (Wildman–Crippen LogP) is 6.43. The molecule has 2 aromatic heterocycles. The molecule has 2 aromatic carbocycles. The molecule has 1 saturated heterocycles. The number of nitrogens with zero attached hydrogens (tertiary/aromatic N) is 4. The van der Waals surface area contributed by atoms with Crippen molar-refractivity contribution in [3.05, 3.63) is 95.3 Å². The smallest absolute Gasteiger partial charge is 0.301 e. The van der Waals surface area contributed by atoms with Crippen molar-refractivity contribution in [1.82, 2.24) is 15.2 Å². The van der Waals surface area contributed by atoms with Crippen LogP contribution in [0.4, 0.5) is 5.13 Å². The Balaban J connectivity index is 1.53. The first kappa shape index (κ1) is 29.3. The highest BCUT2D eigenvalue weighted by Gasteiger charge is 2.48. The monoisotopic (exact) mass is 602 g/mol. The van der Waals surface area contributed by atoms with Gasteiger partial charge in [-0.1, -0.05) is 79.3 Å². The minimum Gasteiger partial charge on any atom is -0.507 e. The molecule has 0 bridgehead atoms. The molecule has 1 atom stereocenters. The van der Waals surface area contributed by atoms with Crippen LogP contribution in [0.5, 0.6) is 11.5 Å². The number of aromatic nitrogens is 3. The third kappa shape index (κ3) is 6.32. The number of benzene rings is 2. The number of thioether (sulfide) groups is 1.